The first kappa shape index (κ1) is 19.1. The topological polar surface area (TPSA) is 48.6 Å². The largest absolute Gasteiger partial charge is 0.456 e. The first-order valence-electron chi connectivity index (χ1n) is 10.4. The summed E-state index contributed by atoms with van der Waals surface area (Å²) in [7, 11) is 1.77. The van der Waals surface area contributed by atoms with Crippen molar-refractivity contribution in [3.8, 4) is 22.8 Å². The second kappa shape index (κ2) is 6.97. The summed E-state index contributed by atoms with van der Waals surface area (Å²) >= 11 is 0. The lowest BCUT2D eigenvalue weighted by Gasteiger charge is -2.20. The summed E-state index contributed by atoms with van der Waals surface area (Å²) in [6.45, 7) is 0.536. The van der Waals surface area contributed by atoms with Gasteiger partial charge < -0.3 is 14.2 Å². The Morgan fingerprint density at radius 1 is 1.09 bits per heavy atom. The molecule has 3 aromatic carbocycles. The molecule has 1 fully saturated rings. The van der Waals surface area contributed by atoms with Crippen LogP contribution in [0.4, 0.5) is 8.78 Å². The standard InChI is InChI=1S/C25H18F2NO4/c1-28-18-11-13(25(29)32-21-6-3-9-30-21)10-17(27)22(18)15-4-2-5-20-23(15)24(28)16-12-14(26)7-8-19(16)31-20/h2,4-5,7-8,10-12,21H,3,6,9H2,1H3/q+1. The van der Waals surface area contributed by atoms with Gasteiger partial charge in [0.1, 0.15) is 30.2 Å². The van der Waals surface area contributed by atoms with Crippen LogP contribution < -0.4 is 9.30 Å². The second-order valence-electron chi connectivity index (χ2n) is 8.03. The molecular weight excluding hydrogens is 416 g/mol. The first-order chi connectivity index (χ1) is 15.5. The van der Waals surface area contributed by atoms with E-state index in [1.807, 2.05) is 0 Å². The van der Waals surface area contributed by atoms with Crippen molar-refractivity contribution in [1.29, 1.82) is 0 Å². The highest BCUT2D eigenvalue weighted by molar-refractivity contribution is 6.13. The van der Waals surface area contributed by atoms with Crippen LogP contribution in [0, 0.1) is 11.6 Å². The molecule has 4 aromatic rings. The van der Waals surface area contributed by atoms with Crippen LogP contribution >= 0.6 is 0 Å². The van der Waals surface area contributed by atoms with Gasteiger partial charge in [-0.1, -0.05) is 12.1 Å². The number of carbonyl (C=O) groups excluding carboxylic acids is 1. The average molecular weight is 434 g/mol. The Hall–Kier alpha value is -3.58. The SMILES string of the molecule is C[n+]1c2c3c(cccc3c3c(F)cc(C(=O)OC4CCCO4)cc31)Oc1ccc(F)cc1-2. The van der Waals surface area contributed by atoms with Gasteiger partial charge in [0.15, 0.2) is 0 Å². The van der Waals surface area contributed by atoms with Crippen LogP contribution in [0.3, 0.4) is 0 Å². The van der Waals surface area contributed by atoms with Gasteiger partial charge in [-0.15, -0.1) is 0 Å². The van der Waals surface area contributed by atoms with Gasteiger partial charge in [-0.05, 0) is 36.8 Å². The fourth-order valence-electron chi connectivity index (χ4n) is 4.64. The molecule has 7 heteroatoms. The van der Waals surface area contributed by atoms with Crippen LogP contribution in [-0.2, 0) is 16.5 Å². The Kier molecular flexibility index (Phi) is 4.16. The number of ether oxygens (including phenoxy) is 3. The minimum absolute atomic E-state index is 0.0929. The van der Waals surface area contributed by atoms with E-state index in [1.165, 1.54) is 18.2 Å². The van der Waals surface area contributed by atoms with Crippen LogP contribution in [0.25, 0.3) is 32.9 Å². The van der Waals surface area contributed by atoms with Crippen LogP contribution in [0.15, 0.2) is 48.5 Å². The van der Waals surface area contributed by atoms with Gasteiger partial charge in [-0.2, -0.15) is 4.57 Å². The molecule has 160 valence electrons. The molecular formula is C25H18F2NO4+. The predicted molar refractivity (Wildman–Crippen MR) is 112 cm³/mol. The minimum Gasteiger partial charge on any atom is -0.456 e. The summed E-state index contributed by atoms with van der Waals surface area (Å²) in [6.07, 6.45) is 0.826. The molecule has 1 aromatic heterocycles. The summed E-state index contributed by atoms with van der Waals surface area (Å²) in [6, 6.07) is 12.5. The Balaban J connectivity index is 1.63. The fourth-order valence-corrected chi connectivity index (χ4v) is 4.64. The van der Waals surface area contributed by atoms with Crippen LogP contribution in [0.5, 0.6) is 11.5 Å². The Morgan fingerprint density at radius 2 is 1.97 bits per heavy atom. The summed E-state index contributed by atoms with van der Waals surface area (Å²) in [4.78, 5) is 12.7. The molecule has 2 aliphatic heterocycles. The highest BCUT2D eigenvalue weighted by atomic mass is 19.1. The highest BCUT2D eigenvalue weighted by Crippen LogP contribution is 2.46. The number of rotatable bonds is 2. The number of hydrogen-bond acceptors (Lipinski definition) is 4. The average Bonchev–Trinajstić information content (AvgIpc) is 3.29. The summed E-state index contributed by atoms with van der Waals surface area (Å²) in [5, 5.41) is 1.66. The molecule has 0 bridgehead atoms. The quantitative estimate of drug-likeness (QED) is 0.219. The molecule has 3 heterocycles. The number of aromatic nitrogens is 1. The lowest BCUT2D eigenvalue weighted by molar-refractivity contribution is -0.632. The van der Waals surface area contributed by atoms with Crippen LogP contribution in [-0.4, -0.2) is 18.9 Å². The van der Waals surface area contributed by atoms with Gasteiger partial charge in [-0.3, -0.25) is 0 Å². The third-order valence-electron chi connectivity index (χ3n) is 6.08. The molecule has 0 radical (unpaired) electrons. The van der Waals surface area contributed by atoms with Crippen molar-refractivity contribution in [1.82, 2.24) is 0 Å². The maximum absolute atomic E-state index is 15.4. The van der Waals surface area contributed by atoms with E-state index in [9.17, 15) is 9.18 Å². The van der Waals surface area contributed by atoms with Crippen molar-refractivity contribution in [2.24, 2.45) is 7.05 Å². The molecule has 0 N–H and O–H groups in total. The van der Waals surface area contributed by atoms with Gasteiger partial charge in [0.25, 0.3) is 0 Å². The minimum atomic E-state index is -0.644. The van der Waals surface area contributed by atoms with E-state index in [-0.39, 0.29) is 5.56 Å². The normalized spacial score (nSPS) is 16.8. The Labute approximate surface area is 181 Å². The van der Waals surface area contributed by atoms with E-state index in [4.69, 9.17) is 14.2 Å². The van der Waals surface area contributed by atoms with Crippen molar-refractivity contribution in [3.63, 3.8) is 0 Å². The highest BCUT2D eigenvalue weighted by Gasteiger charge is 2.32. The maximum atomic E-state index is 15.4. The number of esters is 1. The van der Waals surface area contributed by atoms with E-state index in [1.54, 1.807) is 41.9 Å². The Morgan fingerprint density at radius 3 is 2.78 bits per heavy atom. The zero-order valence-electron chi connectivity index (χ0n) is 17.2. The van der Waals surface area contributed by atoms with Crippen molar-refractivity contribution < 1.29 is 32.4 Å². The zero-order valence-corrected chi connectivity index (χ0v) is 17.2. The number of aryl methyl sites for hydroxylation is 1. The molecule has 1 saturated heterocycles. The van der Waals surface area contributed by atoms with Gasteiger partial charge >= 0.3 is 5.97 Å². The van der Waals surface area contributed by atoms with Gasteiger partial charge in [0.05, 0.1) is 28.5 Å². The molecule has 0 saturated carbocycles. The Bertz CT molecular complexity index is 1440. The molecule has 0 spiro atoms. The molecule has 1 unspecified atom stereocenters. The zero-order chi connectivity index (χ0) is 22.0. The van der Waals surface area contributed by atoms with E-state index < -0.39 is 23.9 Å². The molecule has 6 rings (SSSR count). The van der Waals surface area contributed by atoms with Crippen LogP contribution in [0.2, 0.25) is 0 Å². The number of fused-ring (bicyclic) bond motifs is 4. The third-order valence-corrected chi connectivity index (χ3v) is 6.08. The lowest BCUT2D eigenvalue weighted by atomic mass is 9.95. The molecule has 5 nitrogen and oxygen atoms in total. The second-order valence-corrected chi connectivity index (χ2v) is 8.03. The molecule has 32 heavy (non-hydrogen) atoms. The van der Waals surface area contributed by atoms with Crippen molar-refractivity contribution in [2.45, 2.75) is 19.1 Å². The van der Waals surface area contributed by atoms with E-state index in [0.717, 1.165) is 6.42 Å². The smallest absolute Gasteiger partial charge is 0.340 e. The van der Waals surface area contributed by atoms with Crippen molar-refractivity contribution in [3.05, 3.63) is 65.7 Å². The monoisotopic (exact) mass is 434 g/mol. The molecule has 0 aliphatic carbocycles. The van der Waals surface area contributed by atoms with E-state index >= 15 is 4.39 Å². The van der Waals surface area contributed by atoms with Gasteiger partial charge in [0.2, 0.25) is 17.5 Å². The predicted octanol–water partition coefficient (Wildman–Crippen LogP) is 5.16. The van der Waals surface area contributed by atoms with E-state index in [0.29, 0.717) is 57.5 Å². The number of pyridine rings is 1. The lowest BCUT2D eigenvalue weighted by Crippen LogP contribution is -2.34. The van der Waals surface area contributed by atoms with Gasteiger partial charge in [-0.25, -0.2) is 13.6 Å². The molecule has 0 amide bonds. The van der Waals surface area contributed by atoms with Crippen molar-refractivity contribution in [2.75, 3.05) is 6.61 Å². The number of hydrogen-bond donors (Lipinski definition) is 0. The molecule has 1 atom stereocenters. The fraction of sp³-hybridized carbons (Fsp3) is 0.200. The van der Waals surface area contributed by atoms with Crippen molar-refractivity contribution >= 4 is 27.6 Å². The summed E-state index contributed by atoms with van der Waals surface area (Å²) in [5.41, 5.74) is 1.83. The van der Waals surface area contributed by atoms with Crippen LogP contribution in [0.1, 0.15) is 23.2 Å². The molecule has 2 aliphatic rings. The number of halogens is 2. The first-order valence-corrected chi connectivity index (χ1v) is 10.4. The van der Waals surface area contributed by atoms with Gasteiger partial charge in [0, 0.05) is 17.9 Å². The van der Waals surface area contributed by atoms with E-state index in [2.05, 4.69) is 0 Å². The third kappa shape index (κ3) is 2.78. The number of benzene rings is 3. The summed E-state index contributed by atoms with van der Waals surface area (Å²) < 4.78 is 48.1. The number of carbonyl (C=O) groups is 1. The number of nitrogens with zero attached hydrogens (tertiary/aromatic N) is 1. The summed E-state index contributed by atoms with van der Waals surface area (Å²) in [5.74, 6) is -0.521. The maximum Gasteiger partial charge on any atom is 0.340 e.